The molecule has 0 radical (unpaired) electrons. The van der Waals surface area contributed by atoms with Gasteiger partial charge in [0.15, 0.2) is 17.0 Å². The molecule has 0 rings (SSSR count). The summed E-state index contributed by atoms with van der Waals surface area (Å²) in [4.78, 5) is 52.2. The molecule has 0 saturated carbocycles. The molecule has 0 aromatic heterocycles. The zero-order valence-electron chi connectivity index (χ0n) is 17.7. The Morgan fingerprint density at radius 1 is 1.16 bits per heavy atom. The molecule has 0 aromatic carbocycles. The fourth-order valence-corrected chi connectivity index (χ4v) is 2.82. The fourth-order valence-electron chi connectivity index (χ4n) is 2.82. The molecular formula is C17H34N8O6. The number of nitrogens with one attached hydrogen (secondary N) is 1. The predicted octanol–water partition coefficient (Wildman–Crippen LogP) is -1.75. The van der Waals surface area contributed by atoms with E-state index < -0.39 is 40.9 Å². The molecule has 2 amide bonds. The summed E-state index contributed by atoms with van der Waals surface area (Å²) in [6.07, 6.45) is 1.73. The van der Waals surface area contributed by atoms with Crippen LogP contribution in [0.2, 0.25) is 0 Å². The Labute approximate surface area is 180 Å². The van der Waals surface area contributed by atoms with Gasteiger partial charge in [-0.1, -0.05) is 19.8 Å². The van der Waals surface area contributed by atoms with Crippen LogP contribution in [0.5, 0.6) is 0 Å². The number of aliphatic imine (C=N–C) groups is 1. The summed E-state index contributed by atoms with van der Waals surface area (Å²) >= 11 is 0. The van der Waals surface area contributed by atoms with Crippen molar-refractivity contribution in [1.29, 1.82) is 0 Å². The van der Waals surface area contributed by atoms with E-state index in [-0.39, 0.29) is 43.2 Å². The second-order valence-corrected chi connectivity index (χ2v) is 6.96. The van der Waals surface area contributed by atoms with E-state index in [0.29, 0.717) is 25.8 Å². The van der Waals surface area contributed by atoms with Crippen LogP contribution in [0.1, 0.15) is 51.9 Å². The van der Waals surface area contributed by atoms with Crippen LogP contribution in [0, 0.1) is 10.1 Å². The number of hydrazine groups is 1. The quantitative estimate of drug-likeness (QED) is 0.0513. The highest BCUT2D eigenvalue weighted by molar-refractivity contribution is 5.91. The molecule has 0 aliphatic carbocycles. The number of hydrogen-bond donors (Lipinski definition) is 6. The van der Waals surface area contributed by atoms with Crippen molar-refractivity contribution in [3.63, 3.8) is 0 Å². The number of nitrogens with zero attached hydrogens (tertiary/aromatic N) is 3. The van der Waals surface area contributed by atoms with Crippen molar-refractivity contribution < 1.29 is 24.5 Å². The minimum atomic E-state index is -1.59. The molecule has 0 heterocycles. The lowest BCUT2D eigenvalue weighted by atomic mass is 10.1. The third-order valence-corrected chi connectivity index (χ3v) is 4.41. The summed E-state index contributed by atoms with van der Waals surface area (Å²) in [6.45, 7) is 2.16. The third kappa shape index (κ3) is 10.5. The first kappa shape index (κ1) is 28.0. The van der Waals surface area contributed by atoms with Crippen molar-refractivity contribution in [2.45, 2.75) is 70.0 Å². The van der Waals surface area contributed by atoms with Crippen molar-refractivity contribution in [1.82, 2.24) is 10.3 Å². The minimum absolute atomic E-state index is 0.0612. The number of carboxylic acids is 1. The largest absolute Gasteiger partial charge is 0.480 e. The molecule has 14 nitrogen and oxygen atoms in total. The molecule has 0 fully saturated rings. The summed E-state index contributed by atoms with van der Waals surface area (Å²) in [7, 11) is 0. The number of rotatable bonds is 16. The maximum absolute atomic E-state index is 12.8. The van der Waals surface area contributed by atoms with Crippen LogP contribution >= 0.6 is 0 Å². The maximum Gasteiger partial charge on any atom is 0.326 e. The van der Waals surface area contributed by atoms with Crippen LogP contribution in [0.25, 0.3) is 0 Å². The van der Waals surface area contributed by atoms with Gasteiger partial charge in [-0.15, -0.1) is 0 Å². The molecule has 0 aliphatic heterocycles. The summed E-state index contributed by atoms with van der Waals surface area (Å²) in [5.74, 6) is -3.50. The van der Waals surface area contributed by atoms with Gasteiger partial charge in [0.05, 0.1) is 6.04 Å². The number of amides is 2. The second-order valence-electron chi connectivity index (χ2n) is 6.96. The maximum atomic E-state index is 12.8. The number of unbranched alkanes of at least 4 members (excludes halogenated alkanes) is 1. The van der Waals surface area contributed by atoms with Crippen LogP contribution in [-0.2, 0) is 14.4 Å². The van der Waals surface area contributed by atoms with Crippen molar-refractivity contribution in [3.05, 3.63) is 10.1 Å². The molecule has 0 spiro atoms. The Kier molecular flexibility index (Phi) is 13.5. The van der Waals surface area contributed by atoms with E-state index in [1.54, 1.807) is 6.92 Å². The number of nitro groups is 1. The van der Waals surface area contributed by atoms with Crippen molar-refractivity contribution in [2.24, 2.45) is 27.9 Å². The lowest BCUT2D eigenvalue weighted by Gasteiger charge is -2.25. The second kappa shape index (κ2) is 14.9. The van der Waals surface area contributed by atoms with Crippen LogP contribution in [-0.4, -0.2) is 70.1 Å². The average Bonchev–Trinajstić information content (AvgIpc) is 2.68. The van der Waals surface area contributed by atoms with E-state index in [2.05, 4.69) is 10.3 Å². The predicted molar refractivity (Wildman–Crippen MR) is 113 cm³/mol. The van der Waals surface area contributed by atoms with E-state index in [0.717, 1.165) is 0 Å². The number of hydrogen-bond acceptors (Lipinski definition) is 8. The molecule has 0 aliphatic rings. The first-order valence-corrected chi connectivity index (χ1v) is 10.1. The number of nitrogens with two attached hydrogens (primary N) is 4. The molecule has 10 N–H and O–H groups in total. The normalized spacial score (nSPS) is 13.5. The molecule has 3 atom stereocenters. The Morgan fingerprint density at radius 3 is 2.29 bits per heavy atom. The van der Waals surface area contributed by atoms with Gasteiger partial charge in [0.2, 0.25) is 5.91 Å². The van der Waals surface area contributed by atoms with Gasteiger partial charge in [0.25, 0.3) is 0 Å². The highest BCUT2D eigenvalue weighted by Gasteiger charge is 2.41. The number of carbonyl (C=O) groups is 3. The Morgan fingerprint density at radius 2 is 1.81 bits per heavy atom. The average molecular weight is 447 g/mol. The van der Waals surface area contributed by atoms with Gasteiger partial charge in [-0.25, -0.2) is 14.9 Å². The number of aliphatic carboxylic acids is 1. The third-order valence-electron chi connectivity index (χ3n) is 4.41. The minimum Gasteiger partial charge on any atom is -0.480 e. The summed E-state index contributed by atoms with van der Waals surface area (Å²) < 4.78 is 0. The number of carboxylic acid groups (broad SMARTS) is 1. The lowest BCUT2D eigenvalue weighted by molar-refractivity contribution is -0.640. The molecule has 0 bridgehead atoms. The fraction of sp³-hybridized carbons (Fsp3) is 0.765. The van der Waals surface area contributed by atoms with Gasteiger partial charge in [0, 0.05) is 6.54 Å². The summed E-state index contributed by atoms with van der Waals surface area (Å²) in [5, 5.41) is 22.4. The van der Waals surface area contributed by atoms with Gasteiger partial charge >= 0.3 is 11.9 Å². The van der Waals surface area contributed by atoms with Crippen molar-refractivity contribution >= 4 is 23.7 Å². The van der Waals surface area contributed by atoms with Crippen molar-refractivity contribution in [2.75, 3.05) is 13.1 Å². The number of guanidine groups is 1. The van der Waals surface area contributed by atoms with Gasteiger partial charge in [-0.2, -0.15) is 0 Å². The monoisotopic (exact) mass is 446 g/mol. The molecule has 0 aromatic rings. The number of carbonyl (C=O) groups excluding carboxylic acids is 2. The lowest BCUT2D eigenvalue weighted by Crippen LogP contribution is -2.58. The molecule has 178 valence electrons. The van der Waals surface area contributed by atoms with Crippen molar-refractivity contribution in [3.8, 4) is 0 Å². The van der Waals surface area contributed by atoms with Gasteiger partial charge < -0.3 is 33.4 Å². The topological polar surface area (TPSA) is 246 Å². The smallest absolute Gasteiger partial charge is 0.326 e. The first-order chi connectivity index (χ1) is 14.6. The van der Waals surface area contributed by atoms with Crippen LogP contribution in [0.3, 0.4) is 0 Å². The highest BCUT2D eigenvalue weighted by Crippen LogP contribution is 2.13. The molecule has 31 heavy (non-hydrogen) atoms. The van der Waals surface area contributed by atoms with E-state index >= 15 is 0 Å². The van der Waals surface area contributed by atoms with E-state index in [1.165, 1.54) is 0 Å². The summed E-state index contributed by atoms with van der Waals surface area (Å²) in [6, 6.07) is -4.05. The highest BCUT2D eigenvalue weighted by atomic mass is 16.7. The van der Waals surface area contributed by atoms with Crippen LogP contribution in [0.4, 0.5) is 0 Å². The molecule has 0 unspecified atom stereocenters. The van der Waals surface area contributed by atoms with E-state index in [9.17, 15) is 29.6 Å². The first-order valence-electron chi connectivity index (χ1n) is 10.1. The van der Waals surface area contributed by atoms with Crippen LogP contribution < -0.4 is 28.3 Å². The molecular weight excluding hydrogens is 412 g/mol. The Hall–Kier alpha value is -3.00. The van der Waals surface area contributed by atoms with Gasteiger partial charge in [0.1, 0.15) is 6.04 Å². The molecule has 14 heteroatoms. The Bertz CT molecular complexity index is 640. The standard InChI is InChI=1S/C17H34N8O6/c1-2-6-12(16(28)29)23-14(26)13(8-5-10-22-17(20)21)24(25(30)31)15(27)11(19)7-3-4-9-18/h11-13H,2-10,18-19H2,1H3,(H,23,26)(H,28,29)(H4,20,21,22)/t11-,12-,13-/m0/s1. The SMILES string of the molecule is CCC[C@H](NC(=O)[C@H](CCCN=C(N)N)N(C(=O)[C@@H](N)CCCCN)[N+](=O)[O-])C(=O)O. The van der Waals surface area contributed by atoms with Gasteiger partial charge in [-0.3, -0.25) is 14.6 Å². The Balaban J connectivity index is 5.66. The zero-order chi connectivity index (χ0) is 24.0. The van der Waals surface area contributed by atoms with Gasteiger partial charge in [-0.05, 0) is 43.7 Å². The van der Waals surface area contributed by atoms with Crippen LogP contribution in [0.15, 0.2) is 4.99 Å². The molecule has 0 saturated heterocycles. The van der Waals surface area contributed by atoms with E-state index in [4.69, 9.17) is 22.9 Å². The van der Waals surface area contributed by atoms with E-state index in [1.807, 2.05) is 0 Å². The zero-order valence-corrected chi connectivity index (χ0v) is 17.7. The summed E-state index contributed by atoms with van der Waals surface area (Å²) in [5.41, 5.74) is 21.7.